The standard InChI is InChI=1S/C18H19BrClNO3/c1-12-3-5-16(13(2)9-12)23-8-7-21-18(22)11-24-17-6-4-14(19)10-15(17)20/h3-6,9-10H,7-8,11H2,1-2H3,(H,21,22). The molecule has 2 aromatic rings. The molecule has 0 saturated heterocycles. The minimum atomic E-state index is -0.224. The maximum absolute atomic E-state index is 11.8. The first-order valence-corrected chi connectivity index (χ1v) is 8.67. The average molecular weight is 413 g/mol. The highest BCUT2D eigenvalue weighted by Gasteiger charge is 2.06. The summed E-state index contributed by atoms with van der Waals surface area (Å²) in [5, 5.41) is 3.20. The van der Waals surface area contributed by atoms with E-state index < -0.39 is 0 Å². The van der Waals surface area contributed by atoms with E-state index in [1.807, 2.05) is 26.0 Å². The van der Waals surface area contributed by atoms with Gasteiger partial charge >= 0.3 is 0 Å². The predicted molar refractivity (Wildman–Crippen MR) is 99.1 cm³/mol. The van der Waals surface area contributed by atoms with Crippen molar-refractivity contribution >= 4 is 33.4 Å². The van der Waals surface area contributed by atoms with Gasteiger partial charge in [-0.2, -0.15) is 0 Å². The van der Waals surface area contributed by atoms with Crippen LogP contribution in [0.1, 0.15) is 11.1 Å². The van der Waals surface area contributed by atoms with Gasteiger partial charge < -0.3 is 14.8 Å². The van der Waals surface area contributed by atoms with Gasteiger partial charge in [0.1, 0.15) is 18.1 Å². The van der Waals surface area contributed by atoms with E-state index in [9.17, 15) is 4.79 Å². The topological polar surface area (TPSA) is 47.6 Å². The van der Waals surface area contributed by atoms with Gasteiger partial charge in [0.25, 0.3) is 5.91 Å². The van der Waals surface area contributed by atoms with Crippen LogP contribution in [-0.4, -0.2) is 25.7 Å². The third kappa shape index (κ3) is 5.73. The van der Waals surface area contributed by atoms with Gasteiger partial charge in [-0.05, 0) is 43.7 Å². The van der Waals surface area contributed by atoms with Crippen molar-refractivity contribution in [2.45, 2.75) is 13.8 Å². The van der Waals surface area contributed by atoms with E-state index in [2.05, 4.69) is 27.3 Å². The summed E-state index contributed by atoms with van der Waals surface area (Å²) in [5.41, 5.74) is 2.27. The minimum Gasteiger partial charge on any atom is -0.491 e. The Morgan fingerprint density at radius 1 is 1.12 bits per heavy atom. The summed E-state index contributed by atoms with van der Waals surface area (Å²) in [4.78, 5) is 11.8. The van der Waals surface area contributed by atoms with Crippen LogP contribution in [0.25, 0.3) is 0 Å². The molecule has 4 nitrogen and oxygen atoms in total. The van der Waals surface area contributed by atoms with Crippen LogP contribution >= 0.6 is 27.5 Å². The summed E-state index contributed by atoms with van der Waals surface area (Å²) in [6.45, 7) is 4.74. The monoisotopic (exact) mass is 411 g/mol. The van der Waals surface area contributed by atoms with E-state index in [1.165, 1.54) is 5.56 Å². The summed E-state index contributed by atoms with van der Waals surface area (Å²) in [5.74, 6) is 1.08. The van der Waals surface area contributed by atoms with Gasteiger partial charge in [0.05, 0.1) is 11.6 Å². The van der Waals surface area contributed by atoms with Gasteiger partial charge in [-0.15, -0.1) is 0 Å². The molecule has 0 spiro atoms. The van der Waals surface area contributed by atoms with E-state index in [0.29, 0.717) is 23.9 Å². The molecule has 6 heteroatoms. The van der Waals surface area contributed by atoms with E-state index >= 15 is 0 Å². The fraction of sp³-hybridized carbons (Fsp3) is 0.278. The van der Waals surface area contributed by atoms with Crippen molar-refractivity contribution in [3.05, 3.63) is 57.0 Å². The summed E-state index contributed by atoms with van der Waals surface area (Å²) in [7, 11) is 0. The number of halogens is 2. The second-order valence-electron chi connectivity index (χ2n) is 5.33. The smallest absolute Gasteiger partial charge is 0.258 e. The first-order chi connectivity index (χ1) is 11.5. The van der Waals surface area contributed by atoms with Gasteiger partial charge in [-0.25, -0.2) is 0 Å². The Labute approximate surface area is 155 Å². The zero-order valence-electron chi connectivity index (χ0n) is 13.6. The summed E-state index contributed by atoms with van der Waals surface area (Å²) in [6.07, 6.45) is 0. The predicted octanol–water partition coefficient (Wildman–Crippen LogP) is 4.29. The molecule has 0 unspecified atom stereocenters. The Hall–Kier alpha value is -1.72. The molecule has 1 amide bonds. The molecular formula is C18H19BrClNO3. The molecule has 2 rings (SSSR count). The number of carbonyl (C=O) groups is 1. The number of nitrogens with one attached hydrogen (secondary N) is 1. The molecule has 128 valence electrons. The molecule has 0 atom stereocenters. The third-order valence-corrected chi connectivity index (χ3v) is 4.05. The number of carbonyl (C=O) groups excluding carboxylic acids is 1. The quantitative estimate of drug-likeness (QED) is 0.690. The Morgan fingerprint density at radius 2 is 1.88 bits per heavy atom. The van der Waals surface area contributed by atoms with Crippen molar-refractivity contribution in [2.75, 3.05) is 19.8 Å². The molecule has 0 bridgehead atoms. The highest BCUT2D eigenvalue weighted by Crippen LogP contribution is 2.27. The largest absolute Gasteiger partial charge is 0.491 e. The summed E-state index contributed by atoms with van der Waals surface area (Å²) < 4.78 is 11.9. The normalized spacial score (nSPS) is 10.3. The number of hydrogen-bond acceptors (Lipinski definition) is 3. The molecule has 0 aliphatic heterocycles. The van der Waals surface area contributed by atoms with Gasteiger partial charge in [0.15, 0.2) is 6.61 Å². The zero-order valence-corrected chi connectivity index (χ0v) is 15.9. The number of ether oxygens (including phenoxy) is 2. The second kappa shape index (κ2) is 8.94. The van der Waals surface area contributed by atoms with E-state index in [0.717, 1.165) is 15.8 Å². The van der Waals surface area contributed by atoms with Crippen molar-refractivity contribution in [3.63, 3.8) is 0 Å². The van der Waals surface area contributed by atoms with Crippen molar-refractivity contribution in [1.82, 2.24) is 5.32 Å². The number of amides is 1. The van der Waals surface area contributed by atoms with Crippen molar-refractivity contribution in [2.24, 2.45) is 0 Å². The second-order valence-corrected chi connectivity index (χ2v) is 6.65. The van der Waals surface area contributed by atoms with Crippen LogP contribution in [0, 0.1) is 13.8 Å². The molecule has 0 aliphatic carbocycles. The minimum absolute atomic E-state index is 0.0923. The molecule has 0 fully saturated rings. The van der Waals surface area contributed by atoms with Crippen molar-refractivity contribution in [1.29, 1.82) is 0 Å². The first kappa shape index (κ1) is 18.6. The molecule has 1 N–H and O–H groups in total. The number of rotatable bonds is 7. The van der Waals surface area contributed by atoms with Crippen LogP contribution in [0.15, 0.2) is 40.9 Å². The van der Waals surface area contributed by atoms with Crippen LogP contribution in [-0.2, 0) is 4.79 Å². The third-order valence-electron chi connectivity index (χ3n) is 3.26. The lowest BCUT2D eigenvalue weighted by Crippen LogP contribution is -2.32. The summed E-state index contributed by atoms with van der Waals surface area (Å²) >= 11 is 9.34. The SMILES string of the molecule is Cc1ccc(OCCNC(=O)COc2ccc(Br)cc2Cl)c(C)c1. The van der Waals surface area contributed by atoms with Crippen LogP contribution in [0.4, 0.5) is 0 Å². The molecule has 24 heavy (non-hydrogen) atoms. The van der Waals surface area contributed by atoms with Crippen molar-refractivity contribution in [3.8, 4) is 11.5 Å². The number of hydrogen-bond donors (Lipinski definition) is 1. The lowest BCUT2D eigenvalue weighted by molar-refractivity contribution is -0.123. The fourth-order valence-corrected chi connectivity index (χ4v) is 2.83. The molecule has 0 aliphatic rings. The van der Waals surface area contributed by atoms with Crippen LogP contribution in [0.5, 0.6) is 11.5 Å². The fourth-order valence-electron chi connectivity index (χ4n) is 2.10. The Bertz CT molecular complexity index is 721. The molecule has 2 aromatic carbocycles. The maximum atomic E-state index is 11.8. The molecule has 0 aromatic heterocycles. The highest BCUT2D eigenvalue weighted by atomic mass is 79.9. The van der Waals surface area contributed by atoms with Crippen LogP contribution in [0.3, 0.4) is 0 Å². The zero-order chi connectivity index (χ0) is 17.5. The average Bonchev–Trinajstić information content (AvgIpc) is 2.52. The lowest BCUT2D eigenvalue weighted by atomic mass is 10.1. The van der Waals surface area contributed by atoms with Gasteiger partial charge in [0.2, 0.25) is 0 Å². The highest BCUT2D eigenvalue weighted by molar-refractivity contribution is 9.10. The van der Waals surface area contributed by atoms with Gasteiger partial charge in [-0.1, -0.05) is 45.2 Å². The Kier molecular flexibility index (Phi) is 6.94. The molecule has 0 heterocycles. The maximum Gasteiger partial charge on any atom is 0.258 e. The first-order valence-electron chi connectivity index (χ1n) is 7.50. The van der Waals surface area contributed by atoms with Crippen LogP contribution in [0.2, 0.25) is 5.02 Å². The van der Waals surface area contributed by atoms with Crippen molar-refractivity contribution < 1.29 is 14.3 Å². The number of aryl methyl sites for hydroxylation is 2. The summed E-state index contributed by atoms with van der Waals surface area (Å²) in [6, 6.07) is 11.2. The molecule has 0 radical (unpaired) electrons. The van der Waals surface area contributed by atoms with E-state index in [1.54, 1.807) is 18.2 Å². The Balaban J connectivity index is 1.69. The van der Waals surface area contributed by atoms with Gasteiger partial charge in [0, 0.05) is 4.47 Å². The molecule has 0 saturated carbocycles. The molecular weight excluding hydrogens is 394 g/mol. The van der Waals surface area contributed by atoms with E-state index in [-0.39, 0.29) is 12.5 Å². The van der Waals surface area contributed by atoms with E-state index in [4.69, 9.17) is 21.1 Å². The van der Waals surface area contributed by atoms with Gasteiger partial charge in [-0.3, -0.25) is 4.79 Å². The Morgan fingerprint density at radius 3 is 2.58 bits per heavy atom. The lowest BCUT2D eigenvalue weighted by Gasteiger charge is -2.11. The number of benzene rings is 2. The van der Waals surface area contributed by atoms with Crippen LogP contribution < -0.4 is 14.8 Å².